The minimum absolute atomic E-state index is 0.0326. The van der Waals surface area contributed by atoms with E-state index in [1.807, 2.05) is 13.8 Å². The summed E-state index contributed by atoms with van der Waals surface area (Å²) in [6, 6.07) is 1.60. The number of aromatic nitrogens is 2. The van der Waals surface area contributed by atoms with Gasteiger partial charge in [0, 0.05) is 13.2 Å². The lowest BCUT2D eigenvalue weighted by molar-refractivity contribution is 0.215. The van der Waals surface area contributed by atoms with Crippen LogP contribution in [0, 0.1) is 6.08 Å². The summed E-state index contributed by atoms with van der Waals surface area (Å²) in [5, 5.41) is 9.12. The number of hydrogen-bond acceptors (Lipinski definition) is 4. The summed E-state index contributed by atoms with van der Waals surface area (Å²) in [6.45, 7) is 3.65. The number of aliphatic hydroxyl groups is 1. The van der Waals surface area contributed by atoms with E-state index in [4.69, 9.17) is 5.11 Å². The van der Waals surface area contributed by atoms with Crippen LogP contribution < -0.4 is 4.90 Å². The molecule has 0 saturated carbocycles. The zero-order valence-electron chi connectivity index (χ0n) is 8.53. The second-order valence-electron chi connectivity index (χ2n) is 3.71. The van der Waals surface area contributed by atoms with Crippen LogP contribution in [0.3, 0.4) is 0 Å². The molecule has 1 aromatic heterocycles. The van der Waals surface area contributed by atoms with E-state index in [9.17, 15) is 4.39 Å². The van der Waals surface area contributed by atoms with Crippen molar-refractivity contribution in [3.05, 3.63) is 18.3 Å². The topological polar surface area (TPSA) is 49.2 Å². The van der Waals surface area contributed by atoms with E-state index in [2.05, 4.69) is 9.97 Å². The monoisotopic (exact) mass is 199 g/mol. The van der Waals surface area contributed by atoms with Crippen LogP contribution in [0.25, 0.3) is 0 Å². The first kappa shape index (κ1) is 10.8. The quantitative estimate of drug-likeness (QED) is 0.732. The zero-order chi connectivity index (χ0) is 10.8. The molecule has 4 nitrogen and oxygen atoms in total. The van der Waals surface area contributed by atoms with Gasteiger partial charge in [0.25, 0.3) is 0 Å². The Hall–Kier alpha value is -1.23. The highest BCUT2D eigenvalue weighted by molar-refractivity contribution is 5.38. The number of aliphatic hydroxyl groups excluding tert-OH is 1. The molecule has 1 rings (SSSR count). The molecule has 0 aliphatic rings. The van der Waals surface area contributed by atoms with E-state index in [1.54, 1.807) is 18.0 Å². The molecule has 0 unspecified atom stereocenters. The highest BCUT2D eigenvalue weighted by Crippen LogP contribution is 2.18. The maximum Gasteiger partial charge on any atom is 0.310 e. The number of hydrogen-bond donors (Lipinski definition) is 1. The van der Waals surface area contributed by atoms with Crippen molar-refractivity contribution in [3.63, 3.8) is 0 Å². The fourth-order valence-corrected chi connectivity index (χ4v) is 0.929. The Morgan fingerprint density at radius 2 is 2.21 bits per heavy atom. The number of likely N-dealkylation sites (N-methyl/N-ethyl adjacent to an activating group) is 1. The smallest absolute Gasteiger partial charge is 0.310 e. The molecular weight excluding hydrogens is 185 g/mol. The van der Waals surface area contributed by atoms with E-state index in [-0.39, 0.29) is 6.61 Å². The first-order valence-corrected chi connectivity index (χ1v) is 4.30. The lowest BCUT2D eigenvalue weighted by atomic mass is 10.1. The number of rotatable bonds is 3. The third kappa shape index (κ3) is 2.17. The molecule has 5 heteroatoms. The van der Waals surface area contributed by atoms with Gasteiger partial charge in [0.1, 0.15) is 5.82 Å². The van der Waals surface area contributed by atoms with Crippen molar-refractivity contribution in [1.82, 2.24) is 9.97 Å². The lowest BCUT2D eigenvalue weighted by Crippen LogP contribution is -2.44. The molecule has 0 aliphatic heterocycles. The van der Waals surface area contributed by atoms with Crippen LogP contribution in [0.1, 0.15) is 13.8 Å². The van der Waals surface area contributed by atoms with Gasteiger partial charge >= 0.3 is 6.08 Å². The summed E-state index contributed by atoms with van der Waals surface area (Å²) in [5.41, 5.74) is -0.471. The predicted octanol–water partition coefficient (Wildman–Crippen LogP) is 0.823. The minimum atomic E-state index is -0.761. The lowest BCUT2D eigenvalue weighted by Gasteiger charge is -2.34. The Morgan fingerprint density at radius 3 is 2.71 bits per heavy atom. The van der Waals surface area contributed by atoms with Crippen LogP contribution in [0.5, 0.6) is 0 Å². The van der Waals surface area contributed by atoms with Gasteiger partial charge in [-0.1, -0.05) is 0 Å². The Kier molecular flexibility index (Phi) is 3.00. The van der Waals surface area contributed by atoms with Gasteiger partial charge in [0.2, 0.25) is 0 Å². The van der Waals surface area contributed by atoms with Crippen LogP contribution in [0.2, 0.25) is 0 Å². The van der Waals surface area contributed by atoms with Crippen molar-refractivity contribution in [2.45, 2.75) is 19.4 Å². The standard InChI is InChI=1S/C9H14FN3O/c1-9(2,6-14)13(3)7-4-5-11-8(10)12-7/h4-5,14H,6H2,1-3H3. The summed E-state index contributed by atoms with van der Waals surface area (Å²) >= 11 is 0. The van der Waals surface area contributed by atoms with Crippen molar-refractivity contribution < 1.29 is 9.50 Å². The third-order valence-corrected chi connectivity index (χ3v) is 2.25. The Balaban J connectivity index is 2.94. The second kappa shape index (κ2) is 3.88. The third-order valence-electron chi connectivity index (χ3n) is 2.25. The summed E-state index contributed by atoms with van der Waals surface area (Å²) in [4.78, 5) is 8.69. The Labute approximate surface area is 82.4 Å². The molecule has 1 aromatic rings. The van der Waals surface area contributed by atoms with E-state index in [1.165, 1.54) is 6.20 Å². The molecule has 1 heterocycles. The minimum Gasteiger partial charge on any atom is -0.394 e. The molecule has 0 aliphatic carbocycles. The zero-order valence-corrected chi connectivity index (χ0v) is 8.53. The van der Waals surface area contributed by atoms with Gasteiger partial charge in [-0.3, -0.25) is 0 Å². The van der Waals surface area contributed by atoms with Crippen LogP contribution in [-0.4, -0.2) is 34.3 Å². The molecule has 0 saturated heterocycles. The first-order valence-electron chi connectivity index (χ1n) is 4.30. The molecule has 0 amide bonds. The van der Waals surface area contributed by atoms with Crippen molar-refractivity contribution in [3.8, 4) is 0 Å². The average molecular weight is 199 g/mol. The summed E-state index contributed by atoms with van der Waals surface area (Å²) in [7, 11) is 1.75. The normalized spacial score (nSPS) is 11.5. The Bertz CT molecular complexity index is 317. The van der Waals surface area contributed by atoms with E-state index in [0.717, 1.165) is 0 Å². The summed E-state index contributed by atoms with van der Waals surface area (Å²) in [6.07, 6.45) is 0.588. The van der Waals surface area contributed by atoms with E-state index >= 15 is 0 Å². The van der Waals surface area contributed by atoms with Gasteiger partial charge in [0.15, 0.2) is 0 Å². The van der Waals surface area contributed by atoms with Crippen molar-refractivity contribution in [1.29, 1.82) is 0 Å². The number of halogens is 1. The van der Waals surface area contributed by atoms with Crippen LogP contribution in [-0.2, 0) is 0 Å². The highest BCUT2D eigenvalue weighted by atomic mass is 19.1. The Morgan fingerprint density at radius 1 is 1.57 bits per heavy atom. The molecule has 78 valence electrons. The van der Waals surface area contributed by atoms with Gasteiger partial charge in [-0.2, -0.15) is 9.37 Å². The molecule has 0 aromatic carbocycles. The largest absolute Gasteiger partial charge is 0.394 e. The molecule has 0 fully saturated rings. The van der Waals surface area contributed by atoms with Gasteiger partial charge in [-0.25, -0.2) is 4.98 Å². The maximum atomic E-state index is 12.7. The van der Waals surface area contributed by atoms with E-state index in [0.29, 0.717) is 5.82 Å². The summed E-state index contributed by atoms with van der Waals surface area (Å²) in [5.74, 6) is 0.455. The van der Waals surface area contributed by atoms with Gasteiger partial charge in [-0.05, 0) is 19.9 Å². The van der Waals surface area contributed by atoms with Crippen LogP contribution in [0.4, 0.5) is 10.2 Å². The SMILES string of the molecule is CN(c1ccnc(F)n1)C(C)(C)CO. The fraction of sp³-hybridized carbons (Fsp3) is 0.556. The fourth-order valence-electron chi connectivity index (χ4n) is 0.929. The molecule has 0 bridgehead atoms. The van der Waals surface area contributed by atoms with Gasteiger partial charge in [-0.15, -0.1) is 0 Å². The molecular formula is C9H14FN3O. The maximum absolute atomic E-state index is 12.7. The number of anilines is 1. The van der Waals surface area contributed by atoms with Crippen LogP contribution in [0.15, 0.2) is 12.3 Å². The molecule has 0 radical (unpaired) electrons. The van der Waals surface area contributed by atoms with Gasteiger partial charge in [0.05, 0.1) is 12.1 Å². The van der Waals surface area contributed by atoms with Crippen molar-refractivity contribution in [2.24, 2.45) is 0 Å². The predicted molar refractivity (Wildman–Crippen MR) is 51.6 cm³/mol. The first-order chi connectivity index (χ1) is 6.47. The summed E-state index contributed by atoms with van der Waals surface area (Å²) < 4.78 is 12.7. The molecule has 0 spiro atoms. The van der Waals surface area contributed by atoms with Crippen LogP contribution >= 0.6 is 0 Å². The average Bonchev–Trinajstić information content (AvgIpc) is 2.16. The molecule has 1 N–H and O–H groups in total. The second-order valence-corrected chi connectivity index (χ2v) is 3.71. The molecule has 14 heavy (non-hydrogen) atoms. The van der Waals surface area contributed by atoms with Crippen molar-refractivity contribution in [2.75, 3.05) is 18.6 Å². The highest BCUT2D eigenvalue weighted by Gasteiger charge is 2.23. The van der Waals surface area contributed by atoms with Crippen molar-refractivity contribution >= 4 is 5.82 Å². The van der Waals surface area contributed by atoms with Gasteiger partial charge < -0.3 is 10.0 Å². The number of nitrogens with zero attached hydrogens (tertiary/aromatic N) is 3. The molecule has 0 atom stereocenters. The van der Waals surface area contributed by atoms with E-state index < -0.39 is 11.6 Å².